The number of nitrogens with zero attached hydrogens (tertiary/aromatic N) is 1. The lowest BCUT2D eigenvalue weighted by molar-refractivity contribution is -0.136. The van der Waals surface area contributed by atoms with Crippen LogP contribution in [0.2, 0.25) is 0 Å². The number of hydrogen-bond donors (Lipinski definition) is 2. The van der Waals surface area contributed by atoms with E-state index in [9.17, 15) is 9.90 Å². The van der Waals surface area contributed by atoms with Crippen molar-refractivity contribution in [2.24, 2.45) is 5.10 Å². The van der Waals surface area contributed by atoms with E-state index in [0.29, 0.717) is 16.9 Å². The van der Waals surface area contributed by atoms with E-state index in [1.54, 1.807) is 60.7 Å². The van der Waals surface area contributed by atoms with Gasteiger partial charge in [-0.1, -0.05) is 60.7 Å². The summed E-state index contributed by atoms with van der Waals surface area (Å²) in [5.41, 5.74) is 1.45. The number of aliphatic hydroxyl groups is 1. The molecule has 1 amide bonds. The Morgan fingerprint density at radius 1 is 0.960 bits per heavy atom. The maximum absolute atomic E-state index is 12.7. The van der Waals surface area contributed by atoms with Gasteiger partial charge in [-0.25, -0.2) is 5.43 Å². The molecule has 1 aromatic heterocycles. The van der Waals surface area contributed by atoms with Gasteiger partial charge >= 0.3 is 0 Å². The Morgan fingerprint density at radius 2 is 1.52 bits per heavy atom. The molecule has 6 heteroatoms. The van der Waals surface area contributed by atoms with E-state index in [0.717, 1.165) is 0 Å². The zero-order chi connectivity index (χ0) is 16.8. The Bertz CT molecular complexity index is 776. The summed E-state index contributed by atoms with van der Waals surface area (Å²) in [4.78, 5) is 12.7. The van der Waals surface area contributed by atoms with Gasteiger partial charge in [0.25, 0.3) is 5.91 Å². The number of carbonyl (C=O) groups excluding carboxylic acids is 1. The molecule has 1 heterocycles. The van der Waals surface area contributed by atoms with Gasteiger partial charge in [0.15, 0.2) is 5.60 Å². The van der Waals surface area contributed by atoms with E-state index in [2.05, 4.69) is 10.5 Å². The predicted octanol–water partition coefficient (Wildman–Crippen LogP) is 1.84. The predicted molar refractivity (Wildman–Crippen MR) is 93.9 cm³/mol. The molecule has 3 aromatic rings. The van der Waals surface area contributed by atoms with Crippen molar-refractivity contribution in [3.8, 4) is 0 Å². The fraction of sp³-hybridized carbons (Fsp3) is 0.0526. The van der Waals surface area contributed by atoms with Crippen LogP contribution in [0.4, 0.5) is 0 Å². The van der Waals surface area contributed by atoms with Gasteiger partial charge in [-0.3, -0.25) is 4.79 Å². The third-order valence-corrected chi connectivity index (χ3v) is 3.61. The van der Waals surface area contributed by atoms with Gasteiger partial charge in [0.1, 0.15) is 5.76 Å². The van der Waals surface area contributed by atoms with Crippen molar-refractivity contribution in [1.29, 1.82) is 0 Å². The number of carbonyl (C=O) groups is 1. The molecule has 0 aliphatic carbocycles. The first-order valence-corrected chi connectivity index (χ1v) is 7.41. The minimum absolute atomic E-state index is 0. The van der Waals surface area contributed by atoms with Crippen LogP contribution in [0.1, 0.15) is 16.9 Å². The van der Waals surface area contributed by atoms with Crippen LogP contribution < -0.4 is 5.43 Å². The normalized spacial score (nSPS) is 11.1. The summed E-state index contributed by atoms with van der Waals surface area (Å²) in [6.45, 7) is 0. The van der Waals surface area contributed by atoms with Crippen molar-refractivity contribution in [2.45, 2.75) is 5.60 Å². The quantitative estimate of drug-likeness (QED) is 0.547. The van der Waals surface area contributed by atoms with Crippen molar-refractivity contribution in [3.63, 3.8) is 0 Å². The smallest absolute Gasteiger partial charge is 0.281 e. The summed E-state index contributed by atoms with van der Waals surface area (Å²) < 4.78 is 5.11. The van der Waals surface area contributed by atoms with Crippen LogP contribution in [0.3, 0.4) is 0 Å². The topological polar surface area (TPSA) is 106 Å². The lowest BCUT2D eigenvalue weighted by Gasteiger charge is -2.26. The summed E-state index contributed by atoms with van der Waals surface area (Å²) in [5.74, 6) is -0.152. The number of hydrazone groups is 1. The molecule has 6 nitrogen and oxygen atoms in total. The number of amides is 1. The molecule has 0 atom stereocenters. The summed E-state index contributed by atoms with van der Waals surface area (Å²) >= 11 is 0. The minimum atomic E-state index is -1.84. The number of rotatable bonds is 5. The highest BCUT2D eigenvalue weighted by molar-refractivity contribution is 5.90. The lowest BCUT2D eigenvalue weighted by atomic mass is 9.85. The molecular weight excluding hydrogens is 320 g/mol. The highest BCUT2D eigenvalue weighted by Crippen LogP contribution is 2.29. The monoisotopic (exact) mass is 338 g/mol. The van der Waals surface area contributed by atoms with E-state index < -0.39 is 11.5 Å². The molecule has 3 rings (SSSR count). The van der Waals surface area contributed by atoms with Gasteiger partial charge in [0, 0.05) is 0 Å². The largest absolute Gasteiger partial charge is 0.463 e. The molecule has 2 aromatic carbocycles. The molecule has 0 aliphatic rings. The molecule has 0 aliphatic heterocycles. The first kappa shape index (κ1) is 18.1. The average molecular weight is 338 g/mol. The number of benzene rings is 2. The molecule has 128 valence electrons. The van der Waals surface area contributed by atoms with Crippen LogP contribution in [0.15, 0.2) is 88.6 Å². The van der Waals surface area contributed by atoms with Gasteiger partial charge in [0.2, 0.25) is 0 Å². The number of nitrogens with one attached hydrogen (secondary N) is 1. The van der Waals surface area contributed by atoms with Crippen LogP contribution in [0, 0.1) is 0 Å². The van der Waals surface area contributed by atoms with Crippen LogP contribution >= 0.6 is 0 Å². The molecule has 4 N–H and O–H groups in total. The Morgan fingerprint density at radius 3 is 2.00 bits per heavy atom. The standard InChI is InChI=1S/C19H16N2O3.H2O/c22-18(21-20-14-17-12-7-13-24-17)19(23,15-8-3-1-4-9-15)16-10-5-2-6-11-16;/h1-14,23H,(H,21,22);1H2/b20-14+;. The summed E-state index contributed by atoms with van der Waals surface area (Å²) in [6.07, 6.45) is 2.88. The summed E-state index contributed by atoms with van der Waals surface area (Å²) in [5, 5.41) is 15.0. The third-order valence-electron chi connectivity index (χ3n) is 3.61. The number of furan rings is 1. The summed E-state index contributed by atoms with van der Waals surface area (Å²) in [7, 11) is 0. The van der Waals surface area contributed by atoms with Crippen LogP contribution in [0.5, 0.6) is 0 Å². The van der Waals surface area contributed by atoms with Crippen molar-refractivity contribution in [1.82, 2.24) is 5.43 Å². The molecule has 0 unspecified atom stereocenters. The third kappa shape index (κ3) is 3.82. The first-order chi connectivity index (χ1) is 11.7. The number of hydrogen-bond acceptors (Lipinski definition) is 4. The lowest BCUT2D eigenvalue weighted by Crippen LogP contribution is -2.43. The molecule has 25 heavy (non-hydrogen) atoms. The van der Waals surface area contributed by atoms with E-state index >= 15 is 0 Å². The Hall–Kier alpha value is -3.22. The second kappa shape index (κ2) is 8.05. The molecule has 0 saturated carbocycles. The molecular formula is C19H18N2O4. The van der Waals surface area contributed by atoms with Crippen molar-refractivity contribution < 1.29 is 19.8 Å². The van der Waals surface area contributed by atoms with Crippen LogP contribution in [-0.2, 0) is 10.4 Å². The van der Waals surface area contributed by atoms with Crippen LogP contribution in [-0.4, -0.2) is 22.7 Å². The second-order valence-electron chi connectivity index (χ2n) is 5.16. The van der Waals surface area contributed by atoms with E-state index in [-0.39, 0.29) is 5.48 Å². The molecule has 0 radical (unpaired) electrons. The van der Waals surface area contributed by atoms with Gasteiger partial charge in [-0.15, -0.1) is 0 Å². The highest BCUT2D eigenvalue weighted by atomic mass is 16.3. The Balaban J connectivity index is 0.00000225. The molecule has 0 spiro atoms. The maximum Gasteiger partial charge on any atom is 0.281 e. The fourth-order valence-corrected chi connectivity index (χ4v) is 2.39. The van der Waals surface area contributed by atoms with Crippen LogP contribution in [0.25, 0.3) is 0 Å². The van der Waals surface area contributed by atoms with Gasteiger partial charge in [-0.05, 0) is 23.3 Å². The zero-order valence-electron chi connectivity index (χ0n) is 13.3. The molecule has 0 bridgehead atoms. The Kier molecular flexibility index (Phi) is 5.84. The van der Waals surface area contributed by atoms with E-state index in [1.807, 2.05) is 12.1 Å². The van der Waals surface area contributed by atoms with Gasteiger partial charge in [-0.2, -0.15) is 5.10 Å². The molecule has 0 fully saturated rings. The maximum atomic E-state index is 12.7. The Labute approximate surface area is 144 Å². The SMILES string of the molecule is O.O=C(N/N=C/c1ccco1)C(O)(c1ccccc1)c1ccccc1. The first-order valence-electron chi connectivity index (χ1n) is 7.41. The van der Waals surface area contributed by atoms with Gasteiger partial charge < -0.3 is 15.0 Å². The summed E-state index contributed by atoms with van der Waals surface area (Å²) in [6, 6.07) is 20.9. The zero-order valence-corrected chi connectivity index (χ0v) is 13.3. The van der Waals surface area contributed by atoms with E-state index in [4.69, 9.17) is 4.42 Å². The minimum Gasteiger partial charge on any atom is -0.463 e. The highest BCUT2D eigenvalue weighted by Gasteiger charge is 2.39. The van der Waals surface area contributed by atoms with Crippen molar-refractivity contribution >= 4 is 12.1 Å². The molecule has 0 saturated heterocycles. The van der Waals surface area contributed by atoms with Gasteiger partial charge in [0.05, 0.1) is 12.5 Å². The van der Waals surface area contributed by atoms with Crippen molar-refractivity contribution in [3.05, 3.63) is 95.9 Å². The van der Waals surface area contributed by atoms with E-state index in [1.165, 1.54) is 12.5 Å². The average Bonchev–Trinajstić information content (AvgIpc) is 3.16. The van der Waals surface area contributed by atoms with Crippen molar-refractivity contribution in [2.75, 3.05) is 0 Å². The fourth-order valence-electron chi connectivity index (χ4n) is 2.39. The second-order valence-corrected chi connectivity index (χ2v) is 5.16.